The van der Waals surface area contributed by atoms with Crippen molar-refractivity contribution in [2.75, 3.05) is 25.6 Å². The summed E-state index contributed by atoms with van der Waals surface area (Å²) in [4.78, 5) is 0. The van der Waals surface area contributed by atoms with Crippen LogP contribution in [0, 0.1) is 0 Å². The summed E-state index contributed by atoms with van der Waals surface area (Å²) in [6.45, 7) is 3.45. The van der Waals surface area contributed by atoms with Gasteiger partial charge in [0.2, 0.25) is 5.16 Å². The third-order valence-corrected chi connectivity index (χ3v) is 3.27. The molecule has 0 aliphatic heterocycles. The smallest absolute Gasteiger partial charge is 0.209 e. The van der Waals surface area contributed by atoms with Gasteiger partial charge in [-0.05, 0) is 16.8 Å². The monoisotopic (exact) mass is 276 g/mol. The Labute approximate surface area is 111 Å². The van der Waals surface area contributed by atoms with E-state index in [-0.39, 0.29) is 6.61 Å². The average molecular weight is 276 g/mol. The van der Waals surface area contributed by atoms with Crippen molar-refractivity contribution in [2.45, 2.75) is 37.6 Å². The fourth-order valence-electron chi connectivity index (χ4n) is 1.22. The van der Waals surface area contributed by atoms with Crippen LogP contribution in [0.15, 0.2) is 5.16 Å². The van der Waals surface area contributed by atoms with Crippen molar-refractivity contribution in [3.05, 3.63) is 0 Å². The van der Waals surface area contributed by atoms with Crippen LogP contribution >= 0.6 is 11.8 Å². The Kier molecular flexibility index (Phi) is 7.90. The number of thioether (sulfide) groups is 1. The molecule has 0 fully saturated rings. The van der Waals surface area contributed by atoms with Crippen LogP contribution in [0.5, 0.6) is 0 Å². The number of rotatable bonds is 10. The first-order chi connectivity index (χ1) is 8.77. The third-order valence-electron chi connectivity index (χ3n) is 2.17. The Bertz CT molecular complexity index is 324. The van der Waals surface area contributed by atoms with Crippen LogP contribution in [0.3, 0.4) is 0 Å². The van der Waals surface area contributed by atoms with Crippen molar-refractivity contribution in [2.24, 2.45) is 0 Å². The lowest BCUT2D eigenvalue weighted by Gasteiger charge is -2.10. The summed E-state index contributed by atoms with van der Waals surface area (Å²) >= 11 is 1.35. The Morgan fingerprint density at radius 1 is 1.50 bits per heavy atom. The van der Waals surface area contributed by atoms with Gasteiger partial charge in [-0.15, -0.1) is 5.10 Å². The van der Waals surface area contributed by atoms with Gasteiger partial charge in [0.1, 0.15) is 0 Å². The maximum absolute atomic E-state index is 9.70. The standard InChI is InChI=1S/C10H20N4O3S/c1-2-3-6-17-7-9(16)8-18-10-11-12-13-14(10)4-5-15/h9,15-16H,2-8H2,1H3. The Morgan fingerprint density at radius 2 is 2.33 bits per heavy atom. The summed E-state index contributed by atoms with van der Waals surface area (Å²) in [7, 11) is 0. The molecule has 104 valence electrons. The maximum Gasteiger partial charge on any atom is 0.209 e. The summed E-state index contributed by atoms with van der Waals surface area (Å²) in [6, 6.07) is 0. The van der Waals surface area contributed by atoms with Crippen molar-refractivity contribution >= 4 is 11.8 Å². The van der Waals surface area contributed by atoms with Crippen LogP contribution in [0.2, 0.25) is 0 Å². The molecule has 7 nitrogen and oxygen atoms in total. The van der Waals surface area contributed by atoms with E-state index in [1.807, 2.05) is 0 Å². The number of unbranched alkanes of at least 4 members (excludes halogenated alkanes) is 1. The molecule has 0 bridgehead atoms. The highest BCUT2D eigenvalue weighted by Crippen LogP contribution is 2.14. The Morgan fingerprint density at radius 3 is 3.06 bits per heavy atom. The Balaban J connectivity index is 2.20. The van der Waals surface area contributed by atoms with E-state index in [4.69, 9.17) is 9.84 Å². The zero-order valence-electron chi connectivity index (χ0n) is 10.5. The molecular weight excluding hydrogens is 256 g/mol. The van der Waals surface area contributed by atoms with Gasteiger partial charge in [0, 0.05) is 12.4 Å². The average Bonchev–Trinajstić information content (AvgIpc) is 2.80. The molecule has 1 heterocycles. The molecule has 1 rings (SSSR count). The predicted molar refractivity (Wildman–Crippen MR) is 67.4 cm³/mol. The number of tetrazole rings is 1. The zero-order valence-corrected chi connectivity index (χ0v) is 11.3. The molecule has 18 heavy (non-hydrogen) atoms. The van der Waals surface area contributed by atoms with Gasteiger partial charge in [-0.3, -0.25) is 0 Å². The van der Waals surface area contributed by atoms with Gasteiger partial charge >= 0.3 is 0 Å². The van der Waals surface area contributed by atoms with Crippen molar-refractivity contribution < 1.29 is 14.9 Å². The number of hydrogen-bond donors (Lipinski definition) is 2. The molecule has 1 aromatic heterocycles. The minimum absolute atomic E-state index is 0.0126. The summed E-state index contributed by atoms with van der Waals surface area (Å²) in [5.74, 6) is 0.470. The highest BCUT2D eigenvalue weighted by atomic mass is 32.2. The normalized spacial score (nSPS) is 12.8. The van der Waals surface area contributed by atoms with Crippen LogP contribution in [0.25, 0.3) is 0 Å². The molecule has 1 atom stereocenters. The molecule has 1 aromatic rings. The minimum Gasteiger partial charge on any atom is -0.394 e. The molecule has 0 aromatic carbocycles. The van der Waals surface area contributed by atoms with Crippen LogP contribution in [0.4, 0.5) is 0 Å². The van der Waals surface area contributed by atoms with Gasteiger partial charge < -0.3 is 14.9 Å². The number of nitrogens with zero attached hydrogens (tertiary/aromatic N) is 4. The lowest BCUT2D eigenvalue weighted by molar-refractivity contribution is 0.0473. The molecule has 1 unspecified atom stereocenters. The number of aromatic nitrogens is 4. The van der Waals surface area contributed by atoms with Crippen molar-refractivity contribution in [1.29, 1.82) is 0 Å². The van der Waals surface area contributed by atoms with Crippen molar-refractivity contribution in [3.63, 3.8) is 0 Å². The molecule has 0 radical (unpaired) electrons. The fraction of sp³-hybridized carbons (Fsp3) is 0.900. The molecule has 0 aliphatic rings. The van der Waals surface area contributed by atoms with Gasteiger partial charge in [0.15, 0.2) is 0 Å². The van der Waals surface area contributed by atoms with E-state index in [2.05, 4.69) is 22.4 Å². The summed E-state index contributed by atoms with van der Waals surface area (Å²) in [6.07, 6.45) is 1.56. The lowest BCUT2D eigenvalue weighted by Crippen LogP contribution is -2.19. The Hall–Kier alpha value is -0.700. The highest BCUT2D eigenvalue weighted by molar-refractivity contribution is 7.99. The molecule has 2 N–H and O–H groups in total. The molecule has 0 saturated heterocycles. The molecule has 0 amide bonds. The molecule has 0 spiro atoms. The van der Waals surface area contributed by atoms with Gasteiger partial charge in [-0.25, -0.2) is 4.68 Å². The topological polar surface area (TPSA) is 93.3 Å². The maximum atomic E-state index is 9.70. The third kappa shape index (κ3) is 5.76. The second-order valence-corrected chi connectivity index (χ2v) is 4.79. The van der Waals surface area contributed by atoms with E-state index in [0.29, 0.717) is 30.7 Å². The zero-order chi connectivity index (χ0) is 13.2. The lowest BCUT2D eigenvalue weighted by atomic mass is 10.3. The van der Waals surface area contributed by atoms with Crippen LogP contribution in [-0.2, 0) is 11.3 Å². The van der Waals surface area contributed by atoms with Gasteiger partial charge in [-0.1, -0.05) is 25.1 Å². The highest BCUT2D eigenvalue weighted by Gasteiger charge is 2.10. The van der Waals surface area contributed by atoms with Crippen LogP contribution < -0.4 is 0 Å². The molecule has 0 saturated carbocycles. The van der Waals surface area contributed by atoms with E-state index in [9.17, 15) is 5.11 Å². The van der Waals surface area contributed by atoms with E-state index in [0.717, 1.165) is 12.8 Å². The number of aliphatic hydroxyl groups is 2. The minimum atomic E-state index is -0.536. The summed E-state index contributed by atoms with van der Waals surface area (Å²) in [5, 5.41) is 30.2. The first-order valence-electron chi connectivity index (χ1n) is 6.03. The van der Waals surface area contributed by atoms with E-state index < -0.39 is 6.10 Å². The first kappa shape index (κ1) is 15.4. The second kappa shape index (κ2) is 9.26. The second-order valence-electron chi connectivity index (χ2n) is 3.80. The number of ether oxygens (including phenoxy) is 1. The summed E-state index contributed by atoms with van der Waals surface area (Å²) < 4.78 is 6.83. The van der Waals surface area contributed by atoms with Gasteiger partial charge in [0.05, 0.1) is 25.9 Å². The summed E-state index contributed by atoms with van der Waals surface area (Å²) in [5.41, 5.74) is 0. The van der Waals surface area contributed by atoms with Crippen LogP contribution in [0.1, 0.15) is 19.8 Å². The van der Waals surface area contributed by atoms with E-state index >= 15 is 0 Å². The number of hydrogen-bond acceptors (Lipinski definition) is 7. The number of aliphatic hydroxyl groups excluding tert-OH is 2. The van der Waals surface area contributed by atoms with Crippen LogP contribution in [-0.4, -0.2) is 62.1 Å². The van der Waals surface area contributed by atoms with E-state index in [1.54, 1.807) is 0 Å². The van der Waals surface area contributed by atoms with Crippen molar-refractivity contribution in [1.82, 2.24) is 20.2 Å². The fourth-order valence-corrected chi connectivity index (χ4v) is 2.03. The quantitative estimate of drug-likeness (QED) is 0.456. The van der Waals surface area contributed by atoms with Gasteiger partial charge in [0.25, 0.3) is 0 Å². The molecule has 8 heteroatoms. The SMILES string of the molecule is CCCCOCC(O)CSc1nnnn1CCO. The largest absolute Gasteiger partial charge is 0.394 e. The molecule has 0 aliphatic carbocycles. The molecular formula is C10H20N4O3S. The van der Waals surface area contributed by atoms with Crippen molar-refractivity contribution in [3.8, 4) is 0 Å². The first-order valence-corrected chi connectivity index (χ1v) is 7.02. The predicted octanol–water partition coefficient (Wildman–Crippen LogP) is -0.0649. The van der Waals surface area contributed by atoms with E-state index in [1.165, 1.54) is 16.4 Å². The van der Waals surface area contributed by atoms with Gasteiger partial charge in [-0.2, -0.15) is 0 Å².